The number of hydrogen-bond donors (Lipinski definition) is 2. The summed E-state index contributed by atoms with van der Waals surface area (Å²) in [7, 11) is 0. The monoisotopic (exact) mass is 512 g/mol. The van der Waals surface area contributed by atoms with Gasteiger partial charge in [-0.05, 0) is 41.7 Å². The Labute approximate surface area is 219 Å². The van der Waals surface area contributed by atoms with Gasteiger partial charge >= 0.3 is 0 Å². The molecule has 4 heterocycles. The number of nitrogens with one attached hydrogen (secondary N) is 1. The Kier molecular flexibility index (Phi) is 6.95. The fraction of sp³-hybridized carbons (Fsp3) is 0.241. The molecule has 6 nitrogen and oxygen atoms in total. The lowest BCUT2D eigenvalue weighted by atomic mass is 9.89. The third kappa shape index (κ3) is 5.50. The van der Waals surface area contributed by atoms with Gasteiger partial charge in [-0.25, -0.2) is 15.0 Å². The van der Waals surface area contributed by atoms with Crippen LogP contribution < -0.4 is 11.1 Å². The molecule has 0 spiro atoms. The average molecular weight is 513 g/mol. The topological polar surface area (TPSA) is 89.6 Å². The number of pyridine rings is 2. The van der Waals surface area contributed by atoms with Gasteiger partial charge in [0.25, 0.3) is 0 Å². The zero-order valence-electron chi connectivity index (χ0n) is 21.1. The second kappa shape index (κ2) is 10.3. The zero-order valence-corrected chi connectivity index (χ0v) is 21.9. The van der Waals surface area contributed by atoms with E-state index in [1.807, 2.05) is 30.3 Å². The van der Waals surface area contributed by atoms with Crippen molar-refractivity contribution in [2.75, 3.05) is 11.9 Å². The highest BCUT2D eigenvalue weighted by atomic mass is 32.1. The predicted octanol–water partition coefficient (Wildman–Crippen LogP) is 6.23. The van der Waals surface area contributed by atoms with Gasteiger partial charge in [0.15, 0.2) is 5.82 Å². The first kappa shape index (κ1) is 24.9. The molecule has 0 aliphatic rings. The van der Waals surface area contributed by atoms with Gasteiger partial charge < -0.3 is 11.1 Å². The largest absolute Gasteiger partial charge is 0.367 e. The molecule has 4 aromatic heterocycles. The molecule has 0 amide bonds. The smallest absolute Gasteiger partial charge is 0.212 e. The van der Waals surface area contributed by atoms with E-state index in [0.717, 1.165) is 44.0 Å². The Morgan fingerprint density at radius 3 is 2.41 bits per heavy atom. The lowest BCUT2D eigenvalue weighted by molar-refractivity contribution is 0.584. The van der Waals surface area contributed by atoms with E-state index in [2.05, 4.69) is 48.2 Å². The third-order valence-corrected chi connectivity index (χ3v) is 7.65. The van der Waals surface area contributed by atoms with Gasteiger partial charge in [0, 0.05) is 52.7 Å². The first-order valence-corrected chi connectivity index (χ1v) is 13.0. The van der Waals surface area contributed by atoms with Crippen LogP contribution in [0.3, 0.4) is 0 Å². The maximum absolute atomic E-state index is 13.7. The summed E-state index contributed by atoms with van der Waals surface area (Å²) in [4.78, 5) is 19.1. The number of benzene rings is 1. The van der Waals surface area contributed by atoms with E-state index in [1.165, 1.54) is 11.6 Å². The van der Waals surface area contributed by atoms with Crippen LogP contribution >= 0.6 is 11.3 Å². The van der Waals surface area contributed by atoms with Crippen LogP contribution in [0.4, 0.5) is 10.2 Å². The first-order chi connectivity index (χ1) is 17.8. The summed E-state index contributed by atoms with van der Waals surface area (Å²) in [5.74, 6) is 0.809. The molecule has 1 aromatic carbocycles. The van der Waals surface area contributed by atoms with Gasteiger partial charge in [0.1, 0.15) is 5.82 Å². The average Bonchev–Trinajstić information content (AvgIpc) is 3.29. The number of anilines is 1. The van der Waals surface area contributed by atoms with E-state index < -0.39 is 5.95 Å². The van der Waals surface area contributed by atoms with Gasteiger partial charge in [0.2, 0.25) is 5.95 Å². The Bertz CT molecular complexity index is 1500. The molecule has 8 heteroatoms. The van der Waals surface area contributed by atoms with Gasteiger partial charge in [-0.15, -0.1) is 11.3 Å². The molecule has 188 valence electrons. The molecule has 1 unspecified atom stereocenters. The molecule has 0 fully saturated rings. The standard InChI is InChI=1S/C29H29FN6S/c1-29(2,3)26-23(20-9-10-22(30)33-16-20)24-25(37-26)28(36-27(35-24)19-11-13-32-14-12-19)34-17-21(31)15-18-7-5-4-6-8-18/h4-14,16,21H,15,17,31H2,1-3H3,(H,34,35,36). The molecule has 0 aliphatic carbocycles. The van der Waals surface area contributed by atoms with Crippen LogP contribution in [0, 0.1) is 5.95 Å². The van der Waals surface area contributed by atoms with Gasteiger partial charge in [-0.3, -0.25) is 4.98 Å². The van der Waals surface area contributed by atoms with E-state index in [-0.39, 0.29) is 11.5 Å². The molecular formula is C29H29FN6S. The summed E-state index contributed by atoms with van der Waals surface area (Å²) in [6, 6.07) is 17.1. The molecule has 0 saturated heterocycles. The van der Waals surface area contributed by atoms with Gasteiger partial charge in [0.05, 0.1) is 10.2 Å². The van der Waals surface area contributed by atoms with E-state index in [1.54, 1.807) is 36.0 Å². The van der Waals surface area contributed by atoms with Crippen molar-refractivity contribution in [3.8, 4) is 22.5 Å². The minimum absolute atomic E-state index is 0.0976. The lowest BCUT2D eigenvalue weighted by Crippen LogP contribution is -2.31. The molecule has 0 radical (unpaired) electrons. The fourth-order valence-electron chi connectivity index (χ4n) is 4.26. The highest BCUT2D eigenvalue weighted by Gasteiger charge is 2.27. The normalized spacial score (nSPS) is 12.6. The summed E-state index contributed by atoms with van der Waals surface area (Å²) < 4.78 is 14.6. The van der Waals surface area contributed by atoms with Crippen molar-refractivity contribution < 1.29 is 4.39 Å². The van der Waals surface area contributed by atoms with Crippen molar-refractivity contribution in [2.45, 2.75) is 38.6 Å². The van der Waals surface area contributed by atoms with Crippen molar-refractivity contribution in [1.82, 2.24) is 19.9 Å². The molecule has 0 saturated carbocycles. The van der Waals surface area contributed by atoms with Crippen molar-refractivity contribution in [2.24, 2.45) is 5.73 Å². The van der Waals surface area contributed by atoms with Crippen LogP contribution in [-0.4, -0.2) is 32.5 Å². The quantitative estimate of drug-likeness (QED) is 0.251. The summed E-state index contributed by atoms with van der Waals surface area (Å²) in [6.45, 7) is 7.04. The number of hydrogen-bond acceptors (Lipinski definition) is 7. The second-order valence-corrected chi connectivity index (χ2v) is 11.1. The highest BCUT2D eigenvalue weighted by molar-refractivity contribution is 7.20. The molecular weight excluding hydrogens is 483 g/mol. The number of nitrogens with two attached hydrogens (primary N) is 1. The van der Waals surface area contributed by atoms with Gasteiger partial charge in [-0.2, -0.15) is 4.39 Å². The number of rotatable bonds is 7. The first-order valence-electron chi connectivity index (χ1n) is 12.2. The van der Waals surface area contributed by atoms with E-state index >= 15 is 0 Å². The maximum Gasteiger partial charge on any atom is 0.212 e. The van der Waals surface area contributed by atoms with Crippen LogP contribution in [0.5, 0.6) is 0 Å². The van der Waals surface area contributed by atoms with Crippen molar-refractivity contribution >= 4 is 27.4 Å². The molecule has 5 aromatic rings. The molecule has 3 N–H and O–H groups in total. The molecule has 0 bridgehead atoms. The number of thiophene rings is 1. The molecule has 5 rings (SSSR count). The summed E-state index contributed by atoms with van der Waals surface area (Å²) in [5.41, 5.74) is 11.0. The highest BCUT2D eigenvalue weighted by Crippen LogP contribution is 2.46. The van der Waals surface area contributed by atoms with Crippen molar-refractivity contribution in [1.29, 1.82) is 0 Å². The van der Waals surface area contributed by atoms with Crippen LogP contribution in [0.25, 0.3) is 32.7 Å². The van der Waals surface area contributed by atoms with E-state index in [0.29, 0.717) is 12.4 Å². The molecule has 37 heavy (non-hydrogen) atoms. The Balaban J connectivity index is 1.63. The van der Waals surface area contributed by atoms with Gasteiger partial charge in [-0.1, -0.05) is 51.1 Å². The van der Waals surface area contributed by atoms with Crippen molar-refractivity contribution in [3.05, 3.63) is 89.6 Å². The Morgan fingerprint density at radius 1 is 0.973 bits per heavy atom. The fourth-order valence-corrected chi connectivity index (χ4v) is 5.55. The van der Waals surface area contributed by atoms with E-state index in [4.69, 9.17) is 15.7 Å². The molecule has 0 aliphatic heterocycles. The number of aromatic nitrogens is 4. The number of fused-ring (bicyclic) bond motifs is 1. The summed E-state index contributed by atoms with van der Waals surface area (Å²) in [6.07, 6.45) is 5.78. The van der Waals surface area contributed by atoms with Crippen LogP contribution in [0.2, 0.25) is 0 Å². The lowest BCUT2D eigenvalue weighted by Gasteiger charge is -2.18. The van der Waals surface area contributed by atoms with Crippen LogP contribution in [0.1, 0.15) is 31.2 Å². The summed E-state index contributed by atoms with van der Waals surface area (Å²) in [5, 5.41) is 3.51. The van der Waals surface area contributed by atoms with Crippen LogP contribution in [0.15, 0.2) is 73.2 Å². The number of halogens is 1. The van der Waals surface area contributed by atoms with Crippen LogP contribution in [-0.2, 0) is 11.8 Å². The minimum atomic E-state index is -0.512. The Hall–Kier alpha value is -3.75. The predicted molar refractivity (Wildman–Crippen MR) is 149 cm³/mol. The SMILES string of the molecule is CC(C)(C)c1sc2c(NCC(N)Cc3ccccc3)nc(-c3ccncc3)nc2c1-c1ccc(F)nc1. The number of nitrogens with zero attached hydrogens (tertiary/aromatic N) is 4. The van der Waals surface area contributed by atoms with Crippen molar-refractivity contribution in [3.63, 3.8) is 0 Å². The summed E-state index contributed by atoms with van der Waals surface area (Å²) >= 11 is 1.65. The molecule has 1 atom stereocenters. The Morgan fingerprint density at radius 2 is 1.73 bits per heavy atom. The minimum Gasteiger partial charge on any atom is -0.367 e. The third-order valence-electron chi connectivity index (χ3n) is 6.04. The second-order valence-electron chi connectivity index (χ2n) is 10.1. The maximum atomic E-state index is 13.7. The zero-order chi connectivity index (χ0) is 26.0. The van der Waals surface area contributed by atoms with E-state index in [9.17, 15) is 4.39 Å².